The van der Waals surface area contributed by atoms with Gasteiger partial charge in [0, 0.05) is 33.8 Å². The minimum atomic E-state index is 0.277. The average molecular weight is 282 g/mol. The zero-order valence-corrected chi connectivity index (χ0v) is 12.7. The molecule has 2 aromatic rings. The summed E-state index contributed by atoms with van der Waals surface area (Å²) in [7, 11) is 1.71. The lowest BCUT2D eigenvalue weighted by atomic mass is 10.2. The highest BCUT2D eigenvalue weighted by molar-refractivity contribution is 7.14. The normalized spacial score (nSPS) is 12.7. The number of anilines is 1. The van der Waals surface area contributed by atoms with Crippen molar-refractivity contribution in [1.82, 2.24) is 4.98 Å². The SMILES string of the molecule is COCC(C)Nc1nc(-c2cc(C)sc2C)cs1. The highest BCUT2D eigenvalue weighted by Gasteiger charge is 2.11. The molecule has 0 radical (unpaired) electrons. The highest BCUT2D eigenvalue weighted by Crippen LogP contribution is 2.32. The maximum Gasteiger partial charge on any atom is 0.183 e. The van der Waals surface area contributed by atoms with E-state index in [2.05, 4.69) is 42.5 Å². The van der Waals surface area contributed by atoms with Crippen LogP contribution >= 0.6 is 22.7 Å². The van der Waals surface area contributed by atoms with Crippen molar-refractivity contribution in [2.24, 2.45) is 0 Å². The zero-order valence-electron chi connectivity index (χ0n) is 11.1. The van der Waals surface area contributed by atoms with E-state index in [0.29, 0.717) is 6.61 Å². The van der Waals surface area contributed by atoms with Gasteiger partial charge in [-0.1, -0.05) is 0 Å². The number of ether oxygens (including phenoxy) is 1. The van der Waals surface area contributed by atoms with Gasteiger partial charge in [-0.15, -0.1) is 22.7 Å². The molecule has 2 rings (SSSR count). The Morgan fingerprint density at radius 1 is 1.44 bits per heavy atom. The van der Waals surface area contributed by atoms with E-state index in [1.807, 2.05) is 11.3 Å². The van der Waals surface area contributed by atoms with Gasteiger partial charge in [0.25, 0.3) is 0 Å². The fourth-order valence-electron chi connectivity index (χ4n) is 1.85. The number of hydrogen-bond donors (Lipinski definition) is 1. The van der Waals surface area contributed by atoms with Crippen molar-refractivity contribution in [3.63, 3.8) is 0 Å². The van der Waals surface area contributed by atoms with Crippen molar-refractivity contribution >= 4 is 27.8 Å². The van der Waals surface area contributed by atoms with Gasteiger partial charge in [0.15, 0.2) is 5.13 Å². The number of methoxy groups -OCH3 is 1. The maximum atomic E-state index is 5.11. The van der Waals surface area contributed by atoms with Crippen molar-refractivity contribution < 1.29 is 4.74 Å². The number of hydrogen-bond acceptors (Lipinski definition) is 5. The number of aromatic nitrogens is 1. The first-order chi connectivity index (χ1) is 8.60. The summed E-state index contributed by atoms with van der Waals surface area (Å²) in [6.45, 7) is 7.05. The number of aryl methyl sites for hydroxylation is 2. The lowest BCUT2D eigenvalue weighted by Gasteiger charge is -2.10. The van der Waals surface area contributed by atoms with Gasteiger partial charge in [0.2, 0.25) is 0 Å². The minimum absolute atomic E-state index is 0.277. The molecule has 2 heterocycles. The van der Waals surface area contributed by atoms with Gasteiger partial charge in [-0.3, -0.25) is 0 Å². The van der Waals surface area contributed by atoms with Crippen LogP contribution in [0.4, 0.5) is 5.13 Å². The molecule has 18 heavy (non-hydrogen) atoms. The molecule has 0 aliphatic carbocycles. The largest absolute Gasteiger partial charge is 0.383 e. The number of thiazole rings is 1. The maximum absolute atomic E-state index is 5.11. The summed E-state index contributed by atoms with van der Waals surface area (Å²) in [5, 5.41) is 6.41. The van der Waals surface area contributed by atoms with E-state index >= 15 is 0 Å². The molecule has 1 atom stereocenters. The van der Waals surface area contributed by atoms with Crippen LogP contribution in [-0.4, -0.2) is 24.7 Å². The molecule has 0 bridgehead atoms. The van der Waals surface area contributed by atoms with Crippen LogP contribution < -0.4 is 5.32 Å². The first kappa shape index (κ1) is 13.5. The topological polar surface area (TPSA) is 34.1 Å². The molecule has 0 aromatic carbocycles. The van der Waals surface area contributed by atoms with Crippen molar-refractivity contribution in [1.29, 1.82) is 0 Å². The first-order valence-corrected chi connectivity index (χ1v) is 7.58. The molecular formula is C13H18N2OS2. The quantitative estimate of drug-likeness (QED) is 0.902. The standard InChI is InChI=1S/C13H18N2OS2/c1-8(6-16-4)14-13-15-12(7-17-13)11-5-9(2)18-10(11)3/h5,7-8H,6H2,1-4H3,(H,14,15). The third-order valence-electron chi connectivity index (χ3n) is 2.61. The smallest absolute Gasteiger partial charge is 0.183 e. The third kappa shape index (κ3) is 3.10. The summed E-state index contributed by atoms with van der Waals surface area (Å²) in [6.07, 6.45) is 0. The summed E-state index contributed by atoms with van der Waals surface area (Å²) in [4.78, 5) is 7.29. The first-order valence-electron chi connectivity index (χ1n) is 5.88. The summed E-state index contributed by atoms with van der Waals surface area (Å²) in [6, 6.07) is 2.48. The van der Waals surface area contributed by atoms with E-state index in [4.69, 9.17) is 4.74 Å². The second-order valence-electron chi connectivity index (χ2n) is 4.37. The molecule has 2 aromatic heterocycles. The lowest BCUT2D eigenvalue weighted by Crippen LogP contribution is -2.20. The summed E-state index contributed by atoms with van der Waals surface area (Å²) >= 11 is 3.46. The zero-order chi connectivity index (χ0) is 13.1. The summed E-state index contributed by atoms with van der Waals surface area (Å²) in [5.41, 5.74) is 2.31. The number of thiophene rings is 1. The van der Waals surface area contributed by atoms with Gasteiger partial charge in [-0.25, -0.2) is 4.98 Å². The molecule has 98 valence electrons. The Morgan fingerprint density at radius 2 is 2.22 bits per heavy atom. The van der Waals surface area contributed by atoms with E-state index in [-0.39, 0.29) is 6.04 Å². The van der Waals surface area contributed by atoms with E-state index in [1.54, 1.807) is 18.4 Å². The second-order valence-corrected chi connectivity index (χ2v) is 6.68. The molecule has 0 spiro atoms. The second kappa shape index (κ2) is 5.82. The van der Waals surface area contributed by atoms with Gasteiger partial charge in [-0.2, -0.15) is 0 Å². The van der Waals surface area contributed by atoms with Crippen LogP contribution in [0.1, 0.15) is 16.7 Å². The Bertz CT molecular complexity index is 519. The molecular weight excluding hydrogens is 264 g/mol. The minimum Gasteiger partial charge on any atom is -0.383 e. The van der Waals surface area contributed by atoms with Crippen molar-refractivity contribution in [2.75, 3.05) is 19.0 Å². The average Bonchev–Trinajstić information content (AvgIpc) is 2.85. The Morgan fingerprint density at radius 3 is 2.83 bits per heavy atom. The van der Waals surface area contributed by atoms with Crippen molar-refractivity contribution in [3.05, 3.63) is 21.2 Å². The van der Waals surface area contributed by atoms with Crippen LogP contribution in [0, 0.1) is 13.8 Å². The molecule has 0 saturated heterocycles. The predicted octanol–water partition coefficient (Wildman–Crippen LogP) is 3.94. The molecule has 1 N–H and O–H groups in total. The van der Waals surface area contributed by atoms with Crippen LogP contribution in [0.3, 0.4) is 0 Å². The number of nitrogens with zero attached hydrogens (tertiary/aromatic N) is 1. The van der Waals surface area contributed by atoms with E-state index in [9.17, 15) is 0 Å². The molecule has 5 heteroatoms. The predicted molar refractivity (Wildman–Crippen MR) is 79.9 cm³/mol. The van der Waals surface area contributed by atoms with Crippen LogP contribution in [0.15, 0.2) is 11.4 Å². The molecule has 1 unspecified atom stereocenters. The van der Waals surface area contributed by atoms with Gasteiger partial charge >= 0.3 is 0 Å². The molecule has 0 aliphatic rings. The van der Waals surface area contributed by atoms with Crippen molar-refractivity contribution in [3.8, 4) is 11.3 Å². The Labute approximate surface area is 116 Å². The Kier molecular flexibility index (Phi) is 4.37. The van der Waals surface area contributed by atoms with Gasteiger partial charge in [-0.05, 0) is 26.8 Å². The molecule has 3 nitrogen and oxygen atoms in total. The summed E-state index contributed by atoms with van der Waals surface area (Å²) in [5.74, 6) is 0. The Balaban J connectivity index is 2.13. The highest BCUT2D eigenvalue weighted by atomic mass is 32.1. The number of rotatable bonds is 5. The fraction of sp³-hybridized carbons (Fsp3) is 0.462. The van der Waals surface area contributed by atoms with Gasteiger partial charge < -0.3 is 10.1 Å². The van der Waals surface area contributed by atoms with E-state index < -0.39 is 0 Å². The molecule has 0 aliphatic heterocycles. The number of nitrogens with one attached hydrogen (secondary N) is 1. The van der Waals surface area contributed by atoms with Crippen LogP contribution in [0.25, 0.3) is 11.3 Å². The van der Waals surface area contributed by atoms with E-state index in [0.717, 1.165) is 10.8 Å². The lowest BCUT2D eigenvalue weighted by molar-refractivity contribution is 0.190. The van der Waals surface area contributed by atoms with Crippen LogP contribution in [0.5, 0.6) is 0 Å². The third-order valence-corrected chi connectivity index (χ3v) is 4.35. The monoisotopic (exact) mass is 282 g/mol. The van der Waals surface area contributed by atoms with Gasteiger partial charge in [0.1, 0.15) is 0 Å². The van der Waals surface area contributed by atoms with Crippen molar-refractivity contribution in [2.45, 2.75) is 26.8 Å². The molecule has 0 fully saturated rings. The molecule has 0 amide bonds. The van der Waals surface area contributed by atoms with Crippen LogP contribution in [0.2, 0.25) is 0 Å². The van der Waals surface area contributed by atoms with Gasteiger partial charge in [0.05, 0.1) is 12.3 Å². The van der Waals surface area contributed by atoms with E-state index in [1.165, 1.54) is 15.3 Å². The summed E-state index contributed by atoms with van der Waals surface area (Å²) < 4.78 is 5.11. The van der Waals surface area contributed by atoms with Crippen LogP contribution in [-0.2, 0) is 4.74 Å². The fourth-order valence-corrected chi connectivity index (χ4v) is 3.61. The molecule has 0 saturated carbocycles. The Hall–Kier alpha value is -0.910.